The zero-order chi connectivity index (χ0) is 21.7. The lowest BCUT2D eigenvalue weighted by molar-refractivity contribution is -0.151. The highest BCUT2D eigenvalue weighted by molar-refractivity contribution is 7.89. The molecule has 0 radical (unpaired) electrons. The molecule has 0 unspecified atom stereocenters. The molecule has 1 saturated heterocycles. The van der Waals surface area contributed by atoms with E-state index in [0.717, 1.165) is 15.4 Å². The normalized spacial score (nSPS) is 16.9. The molecule has 1 aliphatic rings. The number of carbonyl (C=O) groups excluding carboxylic acids is 2. The number of rotatable bonds is 7. The number of halogens is 1. The van der Waals surface area contributed by atoms with Crippen LogP contribution in [-0.4, -0.2) is 43.8 Å². The summed E-state index contributed by atoms with van der Waals surface area (Å²) in [6.45, 7) is 2.04. The zero-order valence-corrected chi connectivity index (χ0v) is 18.1. The van der Waals surface area contributed by atoms with Gasteiger partial charge < -0.3 is 10.1 Å². The molecule has 3 rings (SSSR count). The maximum atomic E-state index is 12.9. The van der Waals surface area contributed by atoms with Crippen LogP contribution in [0.15, 0.2) is 53.4 Å². The summed E-state index contributed by atoms with van der Waals surface area (Å²) in [5, 5.41) is 3.10. The van der Waals surface area contributed by atoms with E-state index in [2.05, 4.69) is 5.32 Å². The van der Waals surface area contributed by atoms with Crippen molar-refractivity contribution in [1.29, 1.82) is 0 Å². The average Bonchev–Trinajstić information content (AvgIpc) is 3.23. The summed E-state index contributed by atoms with van der Waals surface area (Å²) in [5.74, 6) is -1.18. The lowest BCUT2D eigenvalue weighted by Crippen LogP contribution is -2.42. The highest BCUT2D eigenvalue weighted by Gasteiger charge is 2.40. The highest BCUT2D eigenvalue weighted by Crippen LogP contribution is 2.27. The fourth-order valence-corrected chi connectivity index (χ4v) is 4.97. The van der Waals surface area contributed by atoms with Gasteiger partial charge in [-0.1, -0.05) is 41.4 Å². The van der Waals surface area contributed by atoms with Crippen LogP contribution in [0.4, 0.5) is 0 Å². The largest absolute Gasteiger partial charge is 0.454 e. The Bertz CT molecular complexity index is 1010. The summed E-state index contributed by atoms with van der Waals surface area (Å²) >= 11 is 5.82. The molecule has 160 valence electrons. The number of sulfonamides is 1. The molecule has 1 amide bonds. The summed E-state index contributed by atoms with van der Waals surface area (Å²) in [5.41, 5.74) is 2.05. The molecule has 2 aromatic carbocycles. The van der Waals surface area contributed by atoms with Gasteiger partial charge in [0, 0.05) is 18.1 Å². The van der Waals surface area contributed by atoms with E-state index in [1.807, 2.05) is 31.2 Å². The van der Waals surface area contributed by atoms with Crippen molar-refractivity contribution in [3.05, 3.63) is 64.7 Å². The first-order chi connectivity index (χ1) is 14.3. The number of benzene rings is 2. The Balaban J connectivity index is 1.55. The molecule has 30 heavy (non-hydrogen) atoms. The van der Waals surface area contributed by atoms with Crippen LogP contribution in [0.5, 0.6) is 0 Å². The number of nitrogens with zero attached hydrogens (tertiary/aromatic N) is 1. The first-order valence-electron chi connectivity index (χ1n) is 9.53. The molecule has 9 heteroatoms. The lowest BCUT2D eigenvalue weighted by Gasteiger charge is -2.22. The molecule has 1 atom stereocenters. The van der Waals surface area contributed by atoms with E-state index in [1.54, 1.807) is 0 Å². The number of ether oxygens (including phenoxy) is 1. The molecule has 0 aliphatic carbocycles. The van der Waals surface area contributed by atoms with Gasteiger partial charge in [0.15, 0.2) is 6.61 Å². The fourth-order valence-electron chi connectivity index (χ4n) is 3.20. The summed E-state index contributed by atoms with van der Waals surface area (Å²) in [6.07, 6.45) is 0.878. The summed E-state index contributed by atoms with van der Waals surface area (Å²) in [4.78, 5) is 24.5. The Kier molecular flexibility index (Phi) is 7.12. The van der Waals surface area contributed by atoms with Crippen molar-refractivity contribution in [3.63, 3.8) is 0 Å². The first kappa shape index (κ1) is 22.3. The van der Waals surface area contributed by atoms with Gasteiger partial charge in [0.1, 0.15) is 6.04 Å². The predicted octanol–water partition coefficient (Wildman–Crippen LogP) is 2.66. The van der Waals surface area contributed by atoms with E-state index in [9.17, 15) is 18.0 Å². The minimum absolute atomic E-state index is 0.0578. The number of aryl methyl sites for hydroxylation is 1. The fraction of sp³-hybridized carbons (Fsp3) is 0.333. The van der Waals surface area contributed by atoms with Gasteiger partial charge in [0.25, 0.3) is 5.91 Å². The van der Waals surface area contributed by atoms with Crippen LogP contribution >= 0.6 is 11.6 Å². The predicted molar refractivity (Wildman–Crippen MR) is 112 cm³/mol. The molecule has 0 saturated carbocycles. The first-order valence-corrected chi connectivity index (χ1v) is 11.4. The van der Waals surface area contributed by atoms with Crippen molar-refractivity contribution >= 4 is 33.5 Å². The van der Waals surface area contributed by atoms with Crippen LogP contribution in [0.2, 0.25) is 5.02 Å². The van der Waals surface area contributed by atoms with Crippen molar-refractivity contribution in [1.82, 2.24) is 9.62 Å². The molecule has 1 fully saturated rings. The molecular formula is C21H23ClN2O5S. The Morgan fingerprint density at radius 3 is 2.47 bits per heavy atom. The SMILES string of the molecule is Cc1ccc(CNC(=O)COC(=O)[C@@H]2CCCN2S(=O)(=O)c2ccc(Cl)cc2)cc1. The van der Waals surface area contributed by atoms with E-state index < -0.39 is 34.5 Å². The molecule has 2 aromatic rings. The third-order valence-electron chi connectivity index (χ3n) is 4.85. The van der Waals surface area contributed by atoms with Crippen LogP contribution in [-0.2, 0) is 30.9 Å². The number of carbonyl (C=O) groups is 2. The van der Waals surface area contributed by atoms with Crippen molar-refractivity contribution in [2.45, 2.75) is 37.2 Å². The van der Waals surface area contributed by atoms with Gasteiger partial charge >= 0.3 is 5.97 Å². The van der Waals surface area contributed by atoms with E-state index in [1.165, 1.54) is 24.3 Å². The topological polar surface area (TPSA) is 92.8 Å². The second kappa shape index (κ2) is 9.59. The minimum atomic E-state index is -3.86. The van der Waals surface area contributed by atoms with Gasteiger partial charge in [-0.2, -0.15) is 4.31 Å². The van der Waals surface area contributed by atoms with Crippen LogP contribution in [0, 0.1) is 6.92 Å². The molecule has 1 heterocycles. The number of amides is 1. The van der Waals surface area contributed by atoms with Crippen molar-refractivity contribution in [2.75, 3.05) is 13.2 Å². The third kappa shape index (κ3) is 5.38. The van der Waals surface area contributed by atoms with Crippen LogP contribution in [0.1, 0.15) is 24.0 Å². The Morgan fingerprint density at radius 1 is 1.13 bits per heavy atom. The van der Waals surface area contributed by atoms with E-state index in [0.29, 0.717) is 24.4 Å². The molecule has 1 N–H and O–H groups in total. The third-order valence-corrected chi connectivity index (χ3v) is 7.03. The van der Waals surface area contributed by atoms with Gasteiger partial charge in [-0.05, 0) is 49.6 Å². The van der Waals surface area contributed by atoms with Gasteiger partial charge in [0.2, 0.25) is 10.0 Å². The lowest BCUT2D eigenvalue weighted by atomic mass is 10.1. The van der Waals surface area contributed by atoms with E-state index >= 15 is 0 Å². The van der Waals surface area contributed by atoms with Crippen LogP contribution in [0.25, 0.3) is 0 Å². The molecule has 7 nitrogen and oxygen atoms in total. The van der Waals surface area contributed by atoms with Crippen molar-refractivity contribution in [2.24, 2.45) is 0 Å². The van der Waals surface area contributed by atoms with E-state index in [4.69, 9.17) is 16.3 Å². The zero-order valence-electron chi connectivity index (χ0n) is 16.5. The Labute approximate surface area is 181 Å². The Morgan fingerprint density at radius 2 is 1.80 bits per heavy atom. The van der Waals surface area contributed by atoms with Gasteiger partial charge in [-0.15, -0.1) is 0 Å². The Hall–Kier alpha value is -2.42. The second-order valence-electron chi connectivity index (χ2n) is 7.10. The number of hydrogen-bond acceptors (Lipinski definition) is 5. The van der Waals surface area contributed by atoms with Crippen molar-refractivity contribution < 1.29 is 22.7 Å². The van der Waals surface area contributed by atoms with Crippen molar-refractivity contribution in [3.8, 4) is 0 Å². The molecule has 0 spiro atoms. The molecular weight excluding hydrogens is 428 g/mol. The standard InChI is InChI=1S/C21H23ClN2O5S/c1-15-4-6-16(7-5-15)13-23-20(25)14-29-21(26)19-3-2-12-24(19)30(27,28)18-10-8-17(22)9-11-18/h4-11,19H,2-3,12-14H2,1H3,(H,23,25)/t19-/m0/s1. The highest BCUT2D eigenvalue weighted by atomic mass is 35.5. The molecule has 0 aromatic heterocycles. The smallest absolute Gasteiger partial charge is 0.324 e. The quantitative estimate of drug-likeness (QED) is 0.654. The summed E-state index contributed by atoms with van der Waals surface area (Å²) in [6, 6.07) is 12.5. The monoisotopic (exact) mass is 450 g/mol. The number of nitrogens with one attached hydrogen (secondary N) is 1. The minimum Gasteiger partial charge on any atom is -0.454 e. The van der Waals surface area contributed by atoms with E-state index in [-0.39, 0.29) is 11.4 Å². The van der Waals surface area contributed by atoms with Gasteiger partial charge in [-0.25, -0.2) is 8.42 Å². The van der Waals surface area contributed by atoms with Gasteiger partial charge in [0.05, 0.1) is 4.90 Å². The molecule has 0 bridgehead atoms. The second-order valence-corrected chi connectivity index (χ2v) is 9.42. The maximum Gasteiger partial charge on any atom is 0.324 e. The molecule has 1 aliphatic heterocycles. The number of hydrogen-bond donors (Lipinski definition) is 1. The average molecular weight is 451 g/mol. The van der Waals surface area contributed by atoms with Crippen LogP contribution in [0.3, 0.4) is 0 Å². The summed E-state index contributed by atoms with van der Waals surface area (Å²) in [7, 11) is -3.86. The van der Waals surface area contributed by atoms with Crippen LogP contribution < -0.4 is 5.32 Å². The van der Waals surface area contributed by atoms with Gasteiger partial charge in [-0.3, -0.25) is 9.59 Å². The maximum absolute atomic E-state index is 12.9. The number of esters is 1. The summed E-state index contributed by atoms with van der Waals surface area (Å²) < 4.78 is 32.0.